The Kier molecular flexibility index (Phi) is 3.06. The minimum Gasteiger partial charge on any atom is -0.366 e. The largest absolute Gasteiger partial charge is 0.366 e. The highest BCUT2D eigenvalue weighted by Crippen LogP contribution is 2.50. The van der Waals surface area contributed by atoms with Gasteiger partial charge in [-0.1, -0.05) is 11.8 Å². The van der Waals surface area contributed by atoms with Gasteiger partial charge in [-0.3, -0.25) is 9.78 Å². The third kappa shape index (κ3) is 2.13. The second-order valence-corrected chi connectivity index (χ2v) is 5.81. The number of carbonyl (C=O) groups excluding carboxylic acids is 1. The maximum Gasteiger partial charge on any atom is 0.151 e. The molecule has 1 fully saturated rings. The number of pyridine rings is 1. The minimum absolute atomic E-state index is 0.170. The number of hydrogen-bond acceptors (Lipinski definition) is 3. The summed E-state index contributed by atoms with van der Waals surface area (Å²) in [6.07, 6.45) is 5.10. The summed E-state index contributed by atoms with van der Waals surface area (Å²) < 4.78 is 5.90. The van der Waals surface area contributed by atoms with Crippen LogP contribution in [0, 0.1) is 18.8 Å². The van der Waals surface area contributed by atoms with Gasteiger partial charge in [0.05, 0.1) is 12.2 Å². The van der Waals surface area contributed by atoms with E-state index in [1.165, 1.54) is 11.1 Å². The molecule has 4 rings (SSSR count). The van der Waals surface area contributed by atoms with E-state index in [2.05, 4.69) is 16.8 Å². The standard InChI is InChI=1S/C19H15NO2/c1-12-8-13(6-7-20-12)2-3-14-9-16-17(10-15(14)11-21)19-5-4-18(16)22-19/h6-11,18-19H,4-5H2,1H3. The summed E-state index contributed by atoms with van der Waals surface area (Å²) in [7, 11) is 0. The lowest BCUT2D eigenvalue weighted by Gasteiger charge is -2.12. The van der Waals surface area contributed by atoms with Crippen LogP contribution in [0.1, 0.15) is 63.4 Å². The summed E-state index contributed by atoms with van der Waals surface area (Å²) in [5.74, 6) is 6.25. The molecule has 2 aliphatic heterocycles. The van der Waals surface area contributed by atoms with Crippen LogP contribution >= 0.6 is 0 Å². The molecule has 0 amide bonds. The number of nitrogens with zero attached hydrogens (tertiary/aromatic N) is 1. The summed E-state index contributed by atoms with van der Waals surface area (Å²) in [6.45, 7) is 1.94. The van der Waals surface area contributed by atoms with Gasteiger partial charge in [0.25, 0.3) is 0 Å². The van der Waals surface area contributed by atoms with E-state index in [9.17, 15) is 4.79 Å². The van der Waals surface area contributed by atoms with E-state index in [1.807, 2.05) is 31.2 Å². The zero-order valence-corrected chi connectivity index (χ0v) is 12.3. The number of rotatable bonds is 1. The first-order chi connectivity index (χ1) is 10.7. The molecule has 2 aromatic rings. The van der Waals surface area contributed by atoms with E-state index in [-0.39, 0.29) is 12.2 Å². The summed E-state index contributed by atoms with van der Waals surface area (Å²) in [5.41, 5.74) is 5.64. The molecule has 0 aliphatic carbocycles. The first kappa shape index (κ1) is 13.2. The summed E-state index contributed by atoms with van der Waals surface area (Å²) in [6, 6.07) is 7.79. The predicted octanol–water partition coefficient (Wildman–Crippen LogP) is 3.51. The van der Waals surface area contributed by atoms with Gasteiger partial charge in [0.15, 0.2) is 6.29 Å². The van der Waals surface area contributed by atoms with Gasteiger partial charge in [-0.2, -0.15) is 0 Å². The van der Waals surface area contributed by atoms with Gasteiger partial charge in [0.1, 0.15) is 0 Å². The predicted molar refractivity (Wildman–Crippen MR) is 82.6 cm³/mol. The monoisotopic (exact) mass is 289 g/mol. The van der Waals surface area contributed by atoms with Gasteiger partial charge in [0, 0.05) is 28.6 Å². The van der Waals surface area contributed by atoms with Crippen molar-refractivity contribution in [3.63, 3.8) is 0 Å². The summed E-state index contributed by atoms with van der Waals surface area (Å²) in [5, 5.41) is 0. The fraction of sp³-hybridized carbons (Fsp3) is 0.263. The van der Waals surface area contributed by atoms with Crippen molar-refractivity contribution in [1.82, 2.24) is 4.98 Å². The molecular weight excluding hydrogens is 274 g/mol. The molecule has 3 heterocycles. The first-order valence-corrected chi connectivity index (χ1v) is 7.48. The van der Waals surface area contributed by atoms with Gasteiger partial charge in [-0.05, 0) is 55.2 Å². The fourth-order valence-corrected chi connectivity index (χ4v) is 3.27. The van der Waals surface area contributed by atoms with Gasteiger partial charge in [-0.15, -0.1) is 0 Å². The van der Waals surface area contributed by atoms with Crippen molar-refractivity contribution in [2.24, 2.45) is 0 Å². The fourth-order valence-electron chi connectivity index (χ4n) is 3.27. The van der Waals surface area contributed by atoms with Crippen molar-refractivity contribution in [1.29, 1.82) is 0 Å². The summed E-state index contributed by atoms with van der Waals surface area (Å²) in [4.78, 5) is 15.5. The second kappa shape index (κ2) is 5.08. The van der Waals surface area contributed by atoms with E-state index < -0.39 is 0 Å². The van der Waals surface area contributed by atoms with Gasteiger partial charge in [0.2, 0.25) is 0 Å². The molecule has 3 heteroatoms. The zero-order chi connectivity index (χ0) is 15.1. The molecule has 2 bridgehead atoms. The lowest BCUT2D eigenvalue weighted by molar-refractivity contribution is 0.0716. The lowest BCUT2D eigenvalue weighted by Crippen LogP contribution is -2.01. The number of aromatic nitrogens is 1. The van der Waals surface area contributed by atoms with Crippen LogP contribution in [0.4, 0.5) is 0 Å². The van der Waals surface area contributed by atoms with Crippen molar-refractivity contribution >= 4 is 6.29 Å². The van der Waals surface area contributed by atoms with Crippen LogP contribution in [0.5, 0.6) is 0 Å². The zero-order valence-electron chi connectivity index (χ0n) is 12.3. The molecule has 2 atom stereocenters. The lowest BCUT2D eigenvalue weighted by atomic mass is 9.88. The highest BCUT2D eigenvalue weighted by molar-refractivity contribution is 5.80. The number of hydrogen-bond donors (Lipinski definition) is 0. The van der Waals surface area contributed by atoms with Crippen LogP contribution in [-0.2, 0) is 4.74 Å². The Morgan fingerprint density at radius 2 is 1.95 bits per heavy atom. The second-order valence-electron chi connectivity index (χ2n) is 5.81. The Morgan fingerprint density at radius 3 is 2.68 bits per heavy atom. The van der Waals surface area contributed by atoms with Gasteiger partial charge >= 0.3 is 0 Å². The molecule has 3 nitrogen and oxygen atoms in total. The maximum absolute atomic E-state index is 11.4. The van der Waals surface area contributed by atoms with Crippen molar-refractivity contribution in [2.45, 2.75) is 32.0 Å². The van der Waals surface area contributed by atoms with Crippen molar-refractivity contribution in [3.05, 3.63) is 64.0 Å². The molecule has 2 unspecified atom stereocenters. The third-order valence-electron chi connectivity index (χ3n) is 4.33. The molecule has 108 valence electrons. The Bertz CT molecular complexity index is 829. The summed E-state index contributed by atoms with van der Waals surface area (Å²) >= 11 is 0. The van der Waals surface area contributed by atoms with Crippen molar-refractivity contribution in [3.8, 4) is 11.8 Å². The number of fused-ring (bicyclic) bond motifs is 5. The highest BCUT2D eigenvalue weighted by atomic mass is 16.5. The van der Waals surface area contributed by atoms with Crippen LogP contribution in [0.3, 0.4) is 0 Å². The highest BCUT2D eigenvalue weighted by Gasteiger charge is 2.38. The number of carbonyl (C=O) groups is 1. The molecule has 1 saturated heterocycles. The Hall–Kier alpha value is -2.44. The average molecular weight is 289 g/mol. The number of aryl methyl sites for hydroxylation is 1. The maximum atomic E-state index is 11.4. The SMILES string of the molecule is Cc1cc(C#Cc2cc3c(cc2C=O)C2CCC3O2)ccn1. The van der Waals surface area contributed by atoms with Gasteiger partial charge < -0.3 is 4.74 Å². The quantitative estimate of drug-likeness (QED) is 0.595. The molecule has 0 spiro atoms. The van der Waals surface area contributed by atoms with E-state index in [4.69, 9.17) is 4.74 Å². The molecule has 0 N–H and O–H groups in total. The molecule has 0 saturated carbocycles. The Labute approximate surface area is 129 Å². The Morgan fingerprint density at radius 1 is 1.18 bits per heavy atom. The molecule has 0 radical (unpaired) electrons. The van der Waals surface area contributed by atoms with Gasteiger partial charge in [-0.25, -0.2) is 0 Å². The Balaban J connectivity index is 1.77. The van der Waals surface area contributed by atoms with Crippen LogP contribution in [-0.4, -0.2) is 11.3 Å². The molecule has 1 aromatic carbocycles. The van der Waals surface area contributed by atoms with Crippen LogP contribution in [0.25, 0.3) is 0 Å². The smallest absolute Gasteiger partial charge is 0.151 e. The van der Waals surface area contributed by atoms with Crippen molar-refractivity contribution in [2.75, 3.05) is 0 Å². The van der Waals surface area contributed by atoms with Crippen LogP contribution < -0.4 is 0 Å². The van der Waals surface area contributed by atoms with Crippen LogP contribution in [0.15, 0.2) is 30.5 Å². The normalized spacial score (nSPS) is 21.1. The number of aldehydes is 1. The molecule has 22 heavy (non-hydrogen) atoms. The van der Waals surface area contributed by atoms with E-state index in [1.54, 1.807) is 6.20 Å². The number of benzene rings is 1. The van der Waals surface area contributed by atoms with Crippen LogP contribution in [0.2, 0.25) is 0 Å². The average Bonchev–Trinajstić information content (AvgIpc) is 3.14. The van der Waals surface area contributed by atoms with E-state index in [0.717, 1.165) is 35.9 Å². The number of ether oxygens (including phenoxy) is 1. The molecule has 2 aliphatic rings. The minimum atomic E-state index is 0.170. The molecular formula is C19H15NO2. The first-order valence-electron chi connectivity index (χ1n) is 7.48. The van der Waals surface area contributed by atoms with Crippen molar-refractivity contribution < 1.29 is 9.53 Å². The van der Waals surface area contributed by atoms with E-state index >= 15 is 0 Å². The topological polar surface area (TPSA) is 39.2 Å². The molecule has 1 aromatic heterocycles. The van der Waals surface area contributed by atoms with E-state index in [0.29, 0.717) is 5.56 Å². The third-order valence-corrected chi connectivity index (χ3v) is 4.33.